The topological polar surface area (TPSA) is 56.2 Å². The van der Waals surface area contributed by atoms with E-state index in [0.29, 0.717) is 18.7 Å². The Morgan fingerprint density at radius 1 is 1.17 bits per heavy atom. The number of para-hydroxylation sites is 2. The number of hydrogen-bond acceptors (Lipinski definition) is 3. The molecule has 152 valence electrons. The average Bonchev–Trinajstić information content (AvgIpc) is 3.02. The van der Waals surface area contributed by atoms with Gasteiger partial charge in [0.15, 0.2) is 0 Å². The van der Waals surface area contributed by atoms with E-state index in [0.717, 1.165) is 42.0 Å². The maximum Gasteiger partial charge on any atom is 0.246 e. The van der Waals surface area contributed by atoms with Gasteiger partial charge in [0.25, 0.3) is 0 Å². The number of carbonyl (C=O) groups is 1. The van der Waals surface area contributed by atoms with Crippen molar-refractivity contribution >= 4 is 16.9 Å². The molecule has 0 radical (unpaired) electrons. The number of fused-ring (bicyclic) bond motifs is 1. The molecule has 1 aromatic heterocycles. The van der Waals surface area contributed by atoms with Crippen LogP contribution in [-0.2, 0) is 17.8 Å². The number of amides is 1. The molecule has 1 N–H and O–H groups in total. The Morgan fingerprint density at radius 2 is 1.90 bits per heavy atom. The number of nitrogens with zero attached hydrogens (tertiary/aromatic N) is 2. The molecule has 29 heavy (non-hydrogen) atoms. The maximum atomic E-state index is 11.6. The Labute approximate surface area is 172 Å². The van der Waals surface area contributed by atoms with Crippen LogP contribution in [0, 0.1) is 13.8 Å². The lowest BCUT2D eigenvalue weighted by Gasteiger charge is -2.12. The normalized spacial score (nSPS) is 10.9. The minimum absolute atomic E-state index is 0.0969. The highest BCUT2D eigenvalue weighted by molar-refractivity contribution is 5.92. The van der Waals surface area contributed by atoms with Gasteiger partial charge in [-0.25, -0.2) is 4.98 Å². The van der Waals surface area contributed by atoms with Crippen LogP contribution in [0.4, 0.5) is 0 Å². The molecule has 0 aliphatic rings. The number of imidazole rings is 1. The van der Waals surface area contributed by atoms with E-state index in [9.17, 15) is 4.79 Å². The summed E-state index contributed by atoms with van der Waals surface area (Å²) in [7, 11) is 0. The number of carbonyl (C=O) groups excluding carboxylic acids is 1. The zero-order valence-electron chi connectivity index (χ0n) is 17.5. The molecule has 0 bridgehead atoms. The SMILES string of the molecule is C=C(C)C(=O)NCCCc1nc2ccccc2n1CCOc1cc(C)cc(C)c1. The Morgan fingerprint density at radius 3 is 2.62 bits per heavy atom. The van der Waals surface area contributed by atoms with Crippen molar-refractivity contribution in [1.29, 1.82) is 0 Å². The predicted molar refractivity (Wildman–Crippen MR) is 117 cm³/mol. The number of rotatable bonds is 9. The molecule has 5 heteroatoms. The monoisotopic (exact) mass is 391 g/mol. The van der Waals surface area contributed by atoms with E-state index < -0.39 is 0 Å². The van der Waals surface area contributed by atoms with E-state index in [1.54, 1.807) is 6.92 Å². The highest BCUT2D eigenvalue weighted by Crippen LogP contribution is 2.19. The van der Waals surface area contributed by atoms with Gasteiger partial charge in [0, 0.05) is 18.5 Å². The first kappa shape index (κ1) is 20.6. The fourth-order valence-electron chi connectivity index (χ4n) is 3.44. The molecule has 3 rings (SSSR count). The second-order valence-corrected chi connectivity index (χ2v) is 7.48. The summed E-state index contributed by atoms with van der Waals surface area (Å²) in [6, 6.07) is 14.4. The van der Waals surface area contributed by atoms with Crippen LogP contribution in [0.5, 0.6) is 5.75 Å². The fraction of sp³-hybridized carbons (Fsp3) is 0.333. The first-order valence-electron chi connectivity index (χ1n) is 10.0. The van der Waals surface area contributed by atoms with Crippen LogP contribution >= 0.6 is 0 Å². The fourth-order valence-corrected chi connectivity index (χ4v) is 3.44. The summed E-state index contributed by atoms with van der Waals surface area (Å²) >= 11 is 0. The van der Waals surface area contributed by atoms with E-state index in [-0.39, 0.29) is 5.91 Å². The second kappa shape index (κ2) is 9.41. The summed E-state index contributed by atoms with van der Waals surface area (Å²) in [6.07, 6.45) is 1.61. The molecule has 0 fully saturated rings. The average molecular weight is 392 g/mol. The van der Waals surface area contributed by atoms with Crippen LogP contribution in [0.25, 0.3) is 11.0 Å². The standard InChI is InChI=1S/C24H29N3O2/c1-17(2)24(28)25-11-7-10-23-26-21-8-5-6-9-22(21)27(23)12-13-29-20-15-18(3)14-19(4)16-20/h5-6,8-9,14-16H,1,7,10-13H2,2-4H3,(H,25,28). The van der Waals surface area contributed by atoms with Gasteiger partial charge < -0.3 is 14.6 Å². The highest BCUT2D eigenvalue weighted by Gasteiger charge is 2.11. The minimum Gasteiger partial charge on any atom is -0.492 e. The van der Waals surface area contributed by atoms with Gasteiger partial charge in [-0.3, -0.25) is 4.79 Å². The van der Waals surface area contributed by atoms with Crippen LogP contribution in [-0.4, -0.2) is 28.6 Å². The Kier molecular flexibility index (Phi) is 6.70. The molecule has 1 heterocycles. The minimum atomic E-state index is -0.0969. The first-order valence-corrected chi connectivity index (χ1v) is 10.0. The van der Waals surface area contributed by atoms with Crippen LogP contribution in [0.1, 0.15) is 30.3 Å². The third-order valence-electron chi connectivity index (χ3n) is 4.76. The van der Waals surface area contributed by atoms with Crippen LogP contribution in [0.15, 0.2) is 54.6 Å². The second-order valence-electron chi connectivity index (χ2n) is 7.48. The van der Waals surface area contributed by atoms with E-state index in [1.165, 1.54) is 11.1 Å². The van der Waals surface area contributed by atoms with Crippen molar-refractivity contribution < 1.29 is 9.53 Å². The maximum absolute atomic E-state index is 11.6. The van der Waals surface area contributed by atoms with Crippen LogP contribution in [0.3, 0.4) is 0 Å². The molecule has 1 amide bonds. The molecule has 0 saturated carbocycles. The summed E-state index contributed by atoms with van der Waals surface area (Å²) in [5.74, 6) is 1.82. The number of hydrogen-bond donors (Lipinski definition) is 1. The Hall–Kier alpha value is -3.08. The Bertz CT molecular complexity index is 1000. The van der Waals surface area contributed by atoms with E-state index in [1.807, 2.05) is 18.2 Å². The van der Waals surface area contributed by atoms with Gasteiger partial charge in [0.2, 0.25) is 5.91 Å². The molecule has 0 saturated heterocycles. The number of benzene rings is 2. The van der Waals surface area contributed by atoms with Crippen molar-refractivity contribution in [3.05, 3.63) is 71.6 Å². The lowest BCUT2D eigenvalue weighted by molar-refractivity contribution is -0.117. The van der Waals surface area contributed by atoms with Crippen LogP contribution < -0.4 is 10.1 Å². The van der Waals surface area contributed by atoms with E-state index in [2.05, 4.69) is 54.6 Å². The van der Waals surface area contributed by atoms with Gasteiger partial charge in [0.1, 0.15) is 18.2 Å². The molecule has 2 aromatic carbocycles. The third kappa shape index (κ3) is 5.47. The lowest BCUT2D eigenvalue weighted by Crippen LogP contribution is -2.25. The first-order chi connectivity index (χ1) is 13.9. The molecular weight excluding hydrogens is 362 g/mol. The van der Waals surface area contributed by atoms with Gasteiger partial charge >= 0.3 is 0 Å². The number of aromatic nitrogens is 2. The molecule has 0 aliphatic carbocycles. The molecule has 0 aliphatic heterocycles. The Balaban J connectivity index is 1.66. The summed E-state index contributed by atoms with van der Waals surface area (Å²) < 4.78 is 8.23. The smallest absolute Gasteiger partial charge is 0.246 e. The van der Waals surface area contributed by atoms with Gasteiger partial charge in [-0.2, -0.15) is 0 Å². The van der Waals surface area contributed by atoms with Crippen LogP contribution in [0.2, 0.25) is 0 Å². The van der Waals surface area contributed by atoms with Gasteiger partial charge in [-0.15, -0.1) is 0 Å². The van der Waals surface area contributed by atoms with E-state index in [4.69, 9.17) is 9.72 Å². The lowest BCUT2D eigenvalue weighted by atomic mass is 10.1. The van der Waals surface area contributed by atoms with Crippen molar-refractivity contribution in [2.24, 2.45) is 0 Å². The molecular formula is C24H29N3O2. The quantitative estimate of drug-likeness (QED) is 0.436. The van der Waals surface area contributed by atoms with Crippen molar-refractivity contribution in [3.63, 3.8) is 0 Å². The predicted octanol–water partition coefficient (Wildman–Crippen LogP) is 4.36. The largest absolute Gasteiger partial charge is 0.492 e. The van der Waals surface area contributed by atoms with Crippen molar-refractivity contribution in [2.75, 3.05) is 13.2 Å². The number of aryl methyl sites for hydroxylation is 3. The summed E-state index contributed by atoms with van der Waals surface area (Å²) in [5.41, 5.74) is 5.02. The van der Waals surface area contributed by atoms with Crippen molar-refractivity contribution in [2.45, 2.75) is 40.2 Å². The van der Waals surface area contributed by atoms with E-state index >= 15 is 0 Å². The number of nitrogens with one attached hydrogen (secondary N) is 1. The third-order valence-corrected chi connectivity index (χ3v) is 4.76. The summed E-state index contributed by atoms with van der Waals surface area (Å²) in [4.78, 5) is 16.4. The molecule has 0 atom stereocenters. The number of ether oxygens (including phenoxy) is 1. The van der Waals surface area contributed by atoms with Gasteiger partial charge in [-0.1, -0.05) is 24.8 Å². The molecule has 0 spiro atoms. The summed E-state index contributed by atoms with van der Waals surface area (Å²) in [5, 5.41) is 2.88. The zero-order valence-corrected chi connectivity index (χ0v) is 17.5. The molecule has 0 unspecified atom stereocenters. The highest BCUT2D eigenvalue weighted by atomic mass is 16.5. The van der Waals surface area contributed by atoms with Crippen molar-refractivity contribution in [1.82, 2.24) is 14.9 Å². The van der Waals surface area contributed by atoms with Crippen molar-refractivity contribution in [3.8, 4) is 5.75 Å². The van der Waals surface area contributed by atoms with Gasteiger partial charge in [0.05, 0.1) is 17.6 Å². The zero-order chi connectivity index (χ0) is 20.8. The van der Waals surface area contributed by atoms with Gasteiger partial charge in [-0.05, 0) is 62.6 Å². The molecule has 3 aromatic rings. The molecule has 5 nitrogen and oxygen atoms in total. The summed E-state index contributed by atoms with van der Waals surface area (Å²) in [6.45, 7) is 11.4.